The molecule has 18 heavy (non-hydrogen) atoms. The van der Waals surface area contributed by atoms with Crippen molar-refractivity contribution in [2.24, 2.45) is 0 Å². The van der Waals surface area contributed by atoms with E-state index in [0.717, 1.165) is 6.07 Å². The van der Waals surface area contributed by atoms with Crippen LogP contribution in [0.3, 0.4) is 0 Å². The van der Waals surface area contributed by atoms with Crippen LogP contribution < -0.4 is 11.1 Å². The fraction of sp³-hybridized carbons (Fsp3) is 0.364. The fourth-order valence-corrected chi connectivity index (χ4v) is 1.63. The maximum atomic E-state index is 12.7. The van der Waals surface area contributed by atoms with Gasteiger partial charge in [0, 0.05) is 5.69 Å². The summed E-state index contributed by atoms with van der Waals surface area (Å²) < 4.78 is 38.0. The van der Waals surface area contributed by atoms with E-state index in [1.807, 2.05) is 5.32 Å². The Bertz CT molecular complexity index is 496. The van der Waals surface area contributed by atoms with Crippen molar-refractivity contribution >= 4 is 11.6 Å². The molecule has 2 rings (SSSR count). The van der Waals surface area contributed by atoms with Crippen molar-refractivity contribution in [3.63, 3.8) is 0 Å². The van der Waals surface area contributed by atoms with Crippen molar-refractivity contribution in [1.82, 2.24) is 5.32 Å². The zero-order valence-corrected chi connectivity index (χ0v) is 9.21. The largest absolute Gasteiger partial charge is 0.508 e. The first-order chi connectivity index (χ1) is 8.25. The number of halogens is 3. The van der Waals surface area contributed by atoms with Crippen LogP contribution in [0.15, 0.2) is 18.2 Å². The molecule has 0 atom stereocenters. The second-order valence-electron chi connectivity index (χ2n) is 4.31. The van der Waals surface area contributed by atoms with Crippen LogP contribution in [0.4, 0.5) is 18.9 Å². The van der Waals surface area contributed by atoms with Gasteiger partial charge in [0.25, 0.3) is 5.91 Å². The molecule has 1 aromatic rings. The van der Waals surface area contributed by atoms with E-state index in [-0.39, 0.29) is 29.8 Å². The first-order valence-electron chi connectivity index (χ1n) is 5.23. The van der Waals surface area contributed by atoms with Gasteiger partial charge in [-0.05, 0) is 31.0 Å². The summed E-state index contributed by atoms with van der Waals surface area (Å²) >= 11 is 0. The van der Waals surface area contributed by atoms with E-state index in [1.54, 1.807) is 0 Å². The summed E-state index contributed by atoms with van der Waals surface area (Å²) in [5.41, 5.74) is 3.20. The minimum atomic E-state index is -4.48. The summed E-state index contributed by atoms with van der Waals surface area (Å²) in [5.74, 6) is -1.16. The van der Waals surface area contributed by atoms with E-state index in [0.29, 0.717) is 0 Å². The lowest BCUT2D eigenvalue weighted by Gasteiger charge is -2.21. The van der Waals surface area contributed by atoms with Gasteiger partial charge in [-0.2, -0.15) is 13.2 Å². The molecular weight excluding hydrogens is 249 g/mol. The number of benzene rings is 1. The van der Waals surface area contributed by atoms with Crippen molar-refractivity contribution in [1.29, 1.82) is 0 Å². The van der Waals surface area contributed by atoms with Gasteiger partial charge in [-0.3, -0.25) is 4.79 Å². The Morgan fingerprint density at radius 3 is 2.50 bits per heavy atom. The third kappa shape index (κ3) is 2.07. The smallest absolute Gasteiger partial charge is 0.411 e. The Morgan fingerprint density at radius 1 is 1.39 bits per heavy atom. The monoisotopic (exact) mass is 260 g/mol. The van der Waals surface area contributed by atoms with Crippen LogP contribution in [0.1, 0.15) is 23.2 Å². The molecule has 0 heterocycles. The third-order valence-electron chi connectivity index (χ3n) is 2.93. The highest BCUT2D eigenvalue weighted by molar-refractivity contribution is 6.00. The second kappa shape index (κ2) is 3.79. The van der Waals surface area contributed by atoms with Crippen LogP contribution in [-0.4, -0.2) is 22.7 Å². The van der Waals surface area contributed by atoms with Gasteiger partial charge in [0.2, 0.25) is 0 Å². The molecule has 1 aromatic carbocycles. The minimum Gasteiger partial charge on any atom is -0.508 e. The predicted molar refractivity (Wildman–Crippen MR) is 58.0 cm³/mol. The van der Waals surface area contributed by atoms with E-state index in [4.69, 9.17) is 5.73 Å². The molecule has 0 spiro atoms. The molecule has 4 N–H and O–H groups in total. The van der Waals surface area contributed by atoms with E-state index in [1.165, 1.54) is 12.1 Å². The number of rotatable bonds is 2. The number of anilines is 1. The van der Waals surface area contributed by atoms with Gasteiger partial charge in [0.1, 0.15) is 11.3 Å². The standard InChI is InChI=1S/C11H11F3N2O2/c12-11(13,14)10(3-4-10)16-9(18)7-5-6(17)1-2-8(7)15/h1-2,5,17H,3-4,15H2,(H,16,18). The molecule has 1 fully saturated rings. The number of phenols is 1. The molecule has 1 aliphatic carbocycles. The van der Waals surface area contributed by atoms with Crippen LogP contribution in [0.5, 0.6) is 5.75 Å². The molecule has 1 amide bonds. The zero-order valence-electron chi connectivity index (χ0n) is 9.21. The Hall–Kier alpha value is -1.92. The lowest BCUT2D eigenvalue weighted by Crippen LogP contribution is -2.47. The van der Waals surface area contributed by atoms with E-state index < -0.39 is 17.6 Å². The summed E-state index contributed by atoms with van der Waals surface area (Å²) in [6.45, 7) is 0. The number of aromatic hydroxyl groups is 1. The van der Waals surface area contributed by atoms with Gasteiger partial charge in [-0.25, -0.2) is 0 Å². The van der Waals surface area contributed by atoms with Crippen LogP contribution in [-0.2, 0) is 0 Å². The molecule has 4 nitrogen and oxygen atoms in total. The SMILES string of the molecule is Nc1ccc(O)cc1C(=O)NC1(C(F)(F)F)CC1. The van der Waals surface area contributed by atoms with Gasteiger partial charge in [-0.15, -0.1) is 0 Å². The highest BCUT2D eigenvalue weighted by atomic mass is 19.4. The first kappa shape index (κ1) is 12.5. The third-order valence-corrected chi connectivity index (χ3v) is 2.93. The molecule has 0 bridgehead atoms. The molecule has 1 aliphatic rings. The summed E-state index contributed by atoms with van der Waals surface area (Å²) in [4.78, 5) is 11.7. The van der Waals surface area contributed by atoms with Gasteiger partial charge >= 0.3 is 6.18 Å². The van der Waals surface area contributed by atoms with Crippen molar-refractivity contribution in [2.45, 2.75) is 24.6 Å². The van der Waals surface area contributed by atoms with E-state index in [2.05, 4.69) is 0 Å². The Labute approximate surface area is 101 Å². The first-order valence-corrected chi connectivity index (χ1v) is 5.23. The Balaban J connectivity index is 2.21. The normalized spacial score (nSPS) is 17.3. The summed E-state index contributed by atoms with van der Waals surface area (Å²) in [6.07, 6.45) is -4.75. The number of amides is 1. The minimum absolute atomic E-state index is 0.0169. The number of carbonyl (C=O) groups excluding carboxylic acids is 1. The molecule has 0 unspecified atom stereocenters. The Morgan fingerprint density at radius 2 is 2.00 bits per heavy atom. The zero-order chi connectivity index (χ0) is 13.6. The maximum absolute atomic E-state index is 12.7. The van der Waals surface area contributed by atoms with E-state index >= 15 is 0 Å². The second-order valence-corrected chi connectivity index (χ2v) is 4.31. The van der Waals surface area contributed by atoms with Gasteiger partial charge in [0.15, 0.2) is 0 Å². The number of hydrogen-bond acceptors (Lipinski definition) is 3. The molecule has 1 saturated carbocycles. The number of nitrogens with one attached hydrogen (secondary N) is 1. The summed E-state index contributed by atoms with van der Waals surface area (Å²) in [7, 11) is 0. The molecule has 7 heteroatoms. The quantitative estimate of drug-likeness (QED) is 0.560. The van der Waals surface area contributed by atoms with Crippen molar-refractivity contribution < 1.29 is 23.1 Å². The topological polar surface area (TPSA) is 75.3 Å². The fourth-order valence-electron chi connectivity index (χ4n) is 1.63. The van der Waals surface area contributed by atoms with Gasteiger partial charge < -0.3 is 16.2 Å². The van der Waals surface area contributed by atoms with Crippen LogP contribution in [0, 0.1) is 0 Å². The molecular formula is C11H11F3N2O2. The van der Waals surface area contributed by atoms with Crippen LogP contribution in [0.25, 0.3) is 0 Å². The molecule has 0 saturated heterocycles. The number of nitrogen functional groups attached to an aromatic ring is 1. The lowest BCUT2D eigenvalue weighted by atomic mass is 10.1. The van der Waals surface area contributed by atoms with Crippen molar-refractivity contribution in [2.75, 3.05) is 5.73 Å². The predicted octanol–water partition coefficient (Wildman–Crippen LogP) is 1.80. The van der Waals surface area contributed by atoms with Gasteiger partial charge in [0.05, 0.1) is 5.56 Å². The molecule has 0 radical (unpaired) electrons. The number of phenolic OH excluding ortho intramolecular Hbond substituents is 1. The Kier molecular flexibility index (Phi) is 2.64. The number of nitrogens with two attached hydrogens (primary N) is 1. The lowest BCUT2D eigenvalue weighted by molar-refractivity contribution is -0.163. The van der Waals surface area contributed by atoms with E-state index in [9.17, 15) is 23.1 Å². The average molecular weight is 260 g/mol. The number of carbonyl (C=O) groups is 1. The molecule has 0 aromatic heterocycles. The summed E-state index contributed by atoms with van der Waals surface area (Å²) in [5, 5.41) is 11.1. The number of hydrogen-bond donors (Lipinski definition) is 3. The molecule has 0 aliphatic heterocycles. The van der Waals surface area contributed by atoms with Crippen LogP contribution in [0.2, 0.25) is 0 Å². The highest BCUT2D eigenvalue weighted by Gasteiger charge is 2.64. The summed E-state index contributed by atoms with van der Waals surface area (Å²) in [6, 6.07) is 3.55. The number of alkyl halides is 3. The van der Waals surface area contributed by atoms with Gasteiger partial charge in [-0.1, -0.05) is 0 Å². The maximum Gasteiger partial charge on any atom is 0.411 e. The highest BCUT2D eigenvalue weighted by Crippen LogP contribution is 2.49. The van der Waals surface area contributed by atoms with Crippen LogP contribution >= 0.6 is 0 Å². The average Bonchev–Trinajstić information content (AvgIpc) is 3.01. The molecule has 98 valence electrons. The van der Waals surface area contributed by atoms with Crippen molar-refractivity contribution in [3.05, 3.63) is 23.8 Å². The van der Waals surface area contributed by atoms with Crippen molar-refractivity contribution in [3.8, 4) is 5.75 Å².